The maximum absolute atomic E-state index is 2.54. The summed E-state index contributed by atoms with van der Waals surface area (Å²) in [4.78, 5) is 2.54. The van der Waals surface area contributed by atoms with Gasteiger partial charge in [-0.3, -0.25) is 0 Å². The molecule has 0 unspecified atom stereocenters. The van der Waals surface area contributed by atoms with Crippen molar-refractivity contribution in [3.8, 4) is 39.1 Å². The van der Waals surface area contributed by atoms with Crippen LogP contribution >= 0.6 is 0 Å². The summed E-state index contributed by atoms with van der Waals surface area (Å²) in [6.07, 6.45) is 6.45. The maximum Gasteiger partial charge on any atom is 0.0619 e. The summed E-state index contributed by atoms with van der Waals surface area (Å²) in [7, 11) is 0. The molecule has 1 heterocycles. The van der Waals surface area contributed by atoms with Crippen LogP contribution in [-0.2, 0) is 5.41 Å². The van der Waals surface area contributed by atoms with E-state index in [2.05, 4.69) is 236 Å². The standard InChI is InChI=1S/C62H54N2/c1-62(2,3)47-39-40-59(56(42-47)44-23-9-5-10-24-44)63(57-37-15-13-31-52(57)54-35-19-26-45-25-18-33-50(60(45)54)43-21-7-4-8-22-43)49-30-17-27-46(41-49)51-34-20-36-55-53-32-14-16-38-58(53)64(61(51)55)48-28-11-6-12-29-48/h5-6,9-20,23-43H,4,7-8,21-22H2,1-3H3. The Balaban J connectivity index is 1.18. The summed E-state index contributed by atoms with van der Waals surface area (Å²) in [5.41, 5.74) is 17.1. The smallest absolute Gasteiger partial charge is 0.0619 e. The Morgan fingerprint density at radius 1 is 0.469 bits per heavy atom. The van der Waals surface area contributed by atoms with E-state index in [1.54, 1.807) is 0 Å². The van der Waals surface area contributed by atoms with E-state index >= 15 is 0 Å². The molecule has 0 N–H and O–H groups in total. The van der Waals surface area contributed by atoms with Crippen molar-refractivity contribution >= 4 is 49.6 Å². The zero-order valence-corrected chi connectivity index (χ0v) is 37.1. The lowest BCUT2D eigenvalue weighted by molar-refractivity contribution is 0.445. The molecular formula is C62H54N2. The van der Waals surface area contributed by atoms with Gasteiger partial charge in [0.1, 0.15) is 0 Å². The predicted octanol–water partition coefficient (Wildman–Crippen LogP) is 17.8. The summed E-state index contributed by atoms with van der Waals surface area (Å²) >= 11 is 0. The van der Waals surface area contributed by atoms with Gasteiger partial charge in [0.25, 0.3) is 0 Å². The number of hydrogen-bond acceptors (Lipinski definition) is 1. The number of para-hydroxylation sites is 4. The van der Waals surface area contributed by atoms with Crippen LogP contribution in [0.15, 0.2) is 206 Å². The first-order valence-electron chi connectivity index (χ1n) is 23.2. The molecule has 1 aromatic heterocycles. The minimum Gasteiger partial charge on any atom is -0.309 e. The molecule has 0 spiro atoms. The molecule has 64 heavy (non-hydrogen) atoms. The third-order valence-corrected chi connectivity index (χ3v) is 13.7. The summed E-state index contributed by atoms with van der Waals surface area (Å²) < 4.78 is 2.45. The van der Waals surface area contributed by atoms with Crippen LogP contribution < -0.4 is 4.90 Å². The van der Waals surface area contributed by atoms with Gasteiger partial charge < -0.3 is 9.47 Å². The van der Waals surface area contributed by atoms with Crippen LogP contribution in [0.3, 0.4) is 0 Å². The third kappa shape index (κ3) is 7.08. The average Bonchev–Trinajstić information content (AvgIpc) is 3.69. The number of nitrogens with zero attached hydrogens (tertiary/aromatic N) is 2. The molecule has 312 valence electrons. The van der Waals surface area contributed by atoms with Gasteiger partial charge in [-0.05, 0) is 111 Å². The van der Waals surface area contributed by atoms with Crippen molar-refractivity contribution in [1.29, 1.82) is 0 Å². The van der Waals surface area contributed by atoms with Gasteiger partial charge in [-0.25, -0.2) is 0 Å². The highest BCUT2D eigenvalue weighted by Crippen LogP contribution is 2.49. The Bertz CT molecular complexity index is 3280. The summed E-state index contributed by atoms with van der Waals surface area (Å²) in [5, 5.41) is 5.21. The first-order chi connectivity index (χ1) is 31.4. The minimum absolute atomic E-state index is 0.0287. The van der Waals surface area contributed by atoms with Gasteiger partial charge in [0.05, 0.1) is 22.4 Å². The van der Waals surface area contributed by atoms with Crippen LogP contribution in [0.2, 0.25) is 0 Å². The van der Waals surface area contributed by atoms with Gasteiger partial charge in [-0.15, -0.1) is 0 Å². The largest absolute Gasteiger partial charge is 0.309 e. The molecule has 9 aromatic carbocycles. The fraction of sp³-hybridized carbons (Fsp3) is 0.161. The zero-order valence-electron chi connectivity index (χ0n) is 37.1. The van der Waals surface area contributed by atoms with Crippen molar-refractivity contribution in [2.45, 2.75) is 64.2 Å². The molecule has 2 nitrogen and oxygen atoms in total. The molecule has 1 fully saturated rings. The lowest BCUT2D eigenvalue weighted by Crippen LogP contribution is -2.15. The number of fused-ring (bicyclic) bond motifs is 4. The second-order valence-corrected chi connectivity index (χ2v) is 18.7. The maximum atomic E-state index is 2.54. The van der Waals surface area contributed by atoms with E-state index in [-0.39, 0.29) is 5.41 Å². The summed E-state index contributed by atoms with van der Waals surface area (Å²) in [6, 6.07) is 76.9. The summed E-state index contributed by atoms with van der Waals surface area (Å²) in [6.45, 7) is 6.94. The molecule has 0 bridgehead atoms. The lowest BCUT2D eigenvalue weighted by atomic mass is 9.80. The molecule has 11 rings (SSSR count). The Morgan fingerprint density at radius 2 is 1.09 bits per heavy atom. The van der Waals surface area contributed by atoms with E-state index in [0.29, 0.717) is 5.92 Å². The molecule has 0 radical (unpaired) electrons. The van der Waals surface area contributed by atoms with Crippen molar-refractivity contribution in [1.82, 2.24) is 4.57 Å². The highest BCUT2D eigenvalue weighted by atomic mass is 15.1. The number of rotatable bonds is 8. The molecule has 1 aliphatic rings. The Labute approximate surface area is 378 Å². The van der Waals surface area contributed by atoms with Crippen LogP contribution in [0, 0.1) is 0 Å². The fourth-order valence-electron chi connectivity index (χ4n) is 10.6. The van der Waals surface area contributed by atoms with Crippen molar-refractivity contribution in [2.75, 3.05) is 4.90 Å². The van der Waals surface area contributed by atoms with E-state index in [1.807, 2.05) is 0 Å². The number of benzene rings is 9. The average molecular weight is 827 g/mol. The van der Waals surface area contributed by atoms with Gasteiger partial charge in [0.2, 0.25) is 0 Å². The third-order valence-electron chi connectivity index (χ3n) is 13.7. The van der Waals surface area contributed by atoms with E-state index in [1.165, 1.54) is 109 Å². The number of hydrogen-bond donors (Lipinski definition) is 0. The molecule has 2 heteroatoms. The summed E-state index contributed by atoms with van der Waals surface area (Å²) in [5.74, 6) is 0.572. The highest BCUT2D eigenvalue weighted by Gasteiger charge is 2.26. The molecule has 0 aliphatic heterocycles. The second kappa shape index (κ2) is 16.5. The molecule has 0 saturated heterocycles. The first kappa shape index (κ1) is 39.7. The lowest BCUT2D eigenvalue weighted by Gasteiger charge is -2.32. The highest BCUT2D eigenvalue weighted by molar-refractivity contribution is 6.14. The topological polar surface area (TPSA) is 8.17 Å². The van der Waals surface area contributed by atoms with Gasteiger partial charge in [0, 0.05) is 38.8 Å². The molecule has 1 saturated carbocycles. The quantitative estimate of drug-likeness (QED) is 0.148. The van der Waals surface area contributed by atoms with Gasteiger partial charge in [-0.1, -0.05) is 198 Å². The fourth-order valence-corrected chi connectivity index (χ4v) is 10.6. The van der Waals surface area contributed by atoms with Gasteiger partial charge in [0.15, 0.2) is 0 Å². The number of aromatic nitrogens is 1. The SMILES string of the molecule is CC(C)(C)c1ccc(N(c2cccc(-c3cccc4c5ccccc5n(-c5ccccc5)c34)c2)c2ccccc2-c2cccc3cccc(C4CCCCC4)c23)c(-c2ccccc2)c1. The van der Waals surface area contributed by atoms with Crippen LogP contribution in [0.5, 0.6) is 0 Å². The molecule has 0 amide bonds. The van der Waals surface area contributed by atoms with E-state index in [0.717, 1.165) is 22.7 Å². The Hall–Kier alpha value is -7.16. The zero-order chi connectivity index (χ0) is 43.2. The Morgan fingerprint density at radius 3 is 1.91 bits per heavy atom. The van der Waals surface area contributed by atoms with E-state index in [4.69, 9.17) is 0 Å². The van der Waals surface area contributed by atoms with Gasteiger partial charge >= 0.3 is 0 Å². The predicted molar refractivity (Wildman–Crippen MR) is 274 cm³/mol. The van der Waals surface area contributed by atoms with Crippen molar-refractivity contribution in [2.24, 2.45) is 0 Å². The van der Waals surface area contributed by atoms with Crippen LogP contribution in [0.1, 0.15) is 69.9 Å². The van der Waals surface area contributed by atoms with Crippen molar-refractivity contribution in [3.63, 3.8) is 0 Å². The van der Waals surface area contributed by atoms with Crippen LogP contribution in [-0.4, -0.2) is 4.57 Å². The molecule has 10 aromatic rings. The first-order valence-corrected chi connectivity index (χ1v) is 23.2. The molecule has 1 aliphatic carbocycles. The van der Waals surface area contributed by atoms with Crippen molar-refractivity contribution < 1.29 is 0 Å². The normalized spacial score (nSPS) is 13.5. The van der Waals surface area contributed by atoms with E-state index < -0.39 is 0 Å². The number of anilines is 3. The second-order valence-electron chi connectivity index (χ2n) is 18.7. The minimum atomic E-state index is -0.0287. The Kier molecular flexibility index (Phi) is 10.2. The van der Waals surface area contributed by atoms with E-state index in [9.17, 15) is 0 Å². The molecule has 0 atom stereocenters. The van der Waals surface area contributed by atoms with Gasteiger partial charge in [-0.2, -0.15) is 0 Å². The molecular weight excluding hydrogens is 773 g/mol. The van der Waals surface area contributed by atoms with Crippen LogP contribution in [0.4, 0.5) is 17.1 Å². The van der Waals surface area contributed by atoms with Crippen molar-refractivity contribution in [3.05, 3.63) is 217 Å². The van der Waals surface area contributed by atoms with Crippen LogP contribution in [0.25, 0.3) is 71.6 Å². The monoisotopic (exact) mass is 826 g/mol.